The van der Waals surface area contributed by atoms with E-state index in [2.05, 4.69) is 15.3 Å². The largest absolute Gasteiger partial charge is 0.430 e. The Morgan fingerprint density at radius 2 is 2.19 bits per heavy atom. The van der Waals surface area contributed by atoms with E-state index in [1.165, 1.54) is 24.4 Å². The SMILES string of the molecule is CCNc1ncc(Cl)c(Oc2cc(Cl)ccc2[N+](=O)[O-])n1. The van der Waals surface area contributed by atoms with E-state index in [4.69, 9.17) is 27.9 Å². The van der Waals surface area contributed by atoms with Gasteiger partial charge < -0.3 is 10.1 Å². The molecule has 0 saturated carbocycles. The highest BCUT2D eigenvalue weighted by atomic mass is 35.5. The first-order valence-electron chi connectivity index (χ1n) is 5.89. The first kappa shape index (κ1) is 15.3. The summed E-state index contributed by atoms with van der Waals surface area (Å²) in [5.74, 6) is 0.269. The van der Waals surface area contributed by atoms with E-state index in [0.717, 1.165) is 0 Å². The zero-order chi connectivity index (χ0) is 15.4. The molecule has 0 saturated heterocycles. The molecule has 0 spiro atoms. The highest BCUT2D eigenvalue weighted by Crippen LogP contribution is 2.35. The topological polar surface area (TPSA) is 90.2 Å². The second kappa shape index (κ2) is 6.55. The van der Waals surface area contributed by atoms with E-state index in [9.17, 15) is 10.1 Å². The molecule has 2 aromatic rings. The number of rotatable bonds is 5. The van der Waals surface area contributed by atoms with Crippen LogP contribution in [0.1, 0.15) is 6.92 Å². The second-order valence-electron chi connectivity index (χ2n) is 3.85. The molecule has 0 amide bonds. The van der Waals surface area contributed by atoms with E-state index in [1.54, 1.807) is 0 Å². The summed E-state index contributed by atoms with van der Waals surface area (Å²) >= 11 is 11.8. The van der Waals surface area contributed by atoms with Crippen molar-refractivity contribution in [3.63, 3.8) is 0 Å². The van der Waals surface area contributed by atoms with Crippen LogP contribution in [0.2, 0.25) is 10.0 Å². The number of nitro benzene ring substituents is 1. The van der Waals surface area contributed by atoms with Crippen LogP contribution in [0.25, 0.3) is 0 Å². The van der Waals surface area contributed by atoms with Gasteiger partial charge in [0.25, 0.3) is 0 Å². The minimum absolute atomic E-state index is 0.00739. The number of hydrogen-bond donors (Lipinski definition) is 1. The van der Waals surface area contributed by atoms with Gasteiger partial charge in [0.05, 0.1) is 11.1 Å². The van der Waals surface area contributed by atoms with Gasteiger partial charge in [-0.15, -0.1) is 0 Å². The van der Waals surface area contributed by atoms with Crippen molar-refractivity contribution < 1.29 is 9.66 Å². The summed E-state index contributed by atoms with van der Waals surface area (Å²) in [6.45, 7) is 2.48. The molecule has 9 heteroatoms. The molecule has 0 aliphatic rings. The van der Waals surface area contributed by atoms with Crippen LogP contribution < -0.4 is 10.1 Å². The van der Waals surface area contributed by atoms with Crippen LogP contribution in [0.5, 0.6) is 11.6 Å². The van der Waals surface area contributed by atoms with Crippen molar-refractivity contribution in [2.75, 3.05) is 11.9 Å². The van der Waals surface area contributed by atoms with E-state index in [-0.39, 0.29) is 22.3 Å². The number of benzene rings is 1. The van der Waals surface area contributed by atoms with Crippen molar-refractivity contribution in [1.82, 2.24) is 9.97 Å². The zero-order valence-corrected chi connectivity index (χ0v) is 12.4. The van der Waals surface area contributed by atoms with Crippen LogP contribution in [-0.2, 0) is 0 Å². The van der Waals surface area contributed by atoms with E-state index < -0.39 is 4.92 Å². The maximum absolute atomic E-state index is 11.0. The van der Waals surface area contributed by atoms with Crippen molar-refractivity contribution in [3.8, 4) is 11.6 Å². The fourth-order valence-corrected chi connectivity index (χ4v) is 1.78. The van der Waals surface area contributed by atoms with Crippen LogP contribution in [0, 0.1) is 10.1 Å². The Labute approximate surface area is 130 Å². The third kappa shape index (κ3) is 3.71. The fraction of sp³-hybridized carbons (Fsp3) is 0.167. The molecule has 21 heavy (non-hydrogen) atoms. The Morgan fingerprint density at radius 1 is 1.43 bits per heavy atom. The van der Waals surface area contributed by atoms with Gasteiger partial charge in [-0.3, -0.25) is 10.1 Å². The van der Waals surface area contributed by atoms with Crippen molar-refractivity contribution in [2.45, 2.75) is 6.92 Å². The Kier molecular flexibility index (Phi) is 4.77. The minimum Gasteiger partial charge on any atom is -0.430 e. The summed E-state index contributed by atoms with van der Waals surface area (Å²) in [7, 11) is 0. The normalized spacial score (nSPS) is 10.2. The maximum Gasteiger partial charge on any atom is 0.311 e. The number of nitrogens with one attached hydrogen (secondary N) is 1. The smallest absolute Gasteiger partial charge is 0.311 e. The molecular formula is C12H10Cl2N4O3. The third-order valence-electron chi connectivity index (χ3n) is 2.37. The van der Waals surface area contributed by atoms with Gasteiger partial charge in [0.15, 0.2) is 0 Å². The molecule has 0 radical (unpaired) electrons. The van der Waals surface area contributed by atoms with Gasteiger partial charge in [-0.05, 0) is 13.0 Å². The minimum atomic E-state index is -0.577. The Hall–Kier alpha value is -2.12. The number of hydrogen-bond acceptors (Lipinski definition) is 6. The molecular weight excluding hydrogens is 319 g/mol. The number of anilines is 1. The number of nitrogens with zero attached hydrogens (tertiary/aromatic N) is 3. The van der Waals surface area contributed by atoms with Crippen LogP contribution in [-0.4, -0.2) is 21.4 Å². The highest BCUT2D eigenvalue weighted by Gasteiger charge is 2.18. The molecule has 1 heterocycles. The van der Waals surface area contributed by atoms with Gasteiger partial charge >= 0.3 is 5.69 Å². The standard InChI is InChI=1S/C12H10Cl2N4O3/c1-2-15-12-16-6-8(14)11(17-12)21-10-5-7(13)3-4-9(10)18(19)20/h3-6H,2H2,1H3,(H,15,16,17). The Morgan fingerprint density at radius 3 is 2.86 bits per heavy atom. The lowest BCUT2D eigenvalue weighted by Crippen LogP contribution is -2.03. The van der Waals surface area contributed by atoms with Gasteiger partial charge in [0.1, 0.15) is 5.02 Å². The Balaban J connectivity index is 2.39. The second-order valence-corrected chi connectivity index (χ2v) is 4.69. The molecule has 2 rings (SSSR count). The molecule has 0 unspecified atom stereocenters. The molecule has 1 aromatic heterocycles. The summed E-state index contributed by atoms with van der Waals surface area (Å²) < 4.78 is 5.42. The number of aromatic nitrogens is 2. The zero-order valence-electron chi connectivity index (χ0n) is 10.8. The van der Waals surface area contributed by atoms with Crippen molar-refractivity contribution in [2.24, 2.45) is 0 Å². The third-order valence-corrected chi connectivity index (χ3v) is 2.87. The molecule has 0 fully saturated rings. The molecule has 0 aliphatic heterocycles. The lowest BCUT2D eigenvalue weighted by Gasteiger charge is -2.09. The van der Waals surface area contributed by atoms with Crippen LogP contribution in [0.15, 0.2) is 24.4 Å². The lowest BCUT2D eigenvalue weighted by molar-refractivity contribution is -0.385. The predicted molar refractivity (Wildman–Crippen MR) is 79.4 cm³/mol. The summed E-state index contributed by atoms with van der Waals surface area (Å²) in [5, 5.41) is 14.3. The highest BCUT2D eigenvalue weighted by molar-refractivity contribution is 6.31. The molecule has 7 nitrogen and oxygen atoms in total. The van der Waals surface area contributed by atoms with Crippen LogP contribution in [0.4, 0.5) is 11.6 Å². The van der Waals surface area contributed by atoms with E-state index >= 15 is 0 Å². The quantitative estimate of drug-likeness (QED) is 0.660. The summed E-state index contributed by atoms with van der Waals surface area (Å²) in [4.78, 5) is 18.4. The number of nitro groups is 1. The summed E-state index contributed by atoms with van der Waals surface area (Å²) in [6, 6.07) is 3.97. The summed E-state index contributed by atoms with van der Waals surface area (Å²) in [5.41, 5.74) is -0.237. The predicted octanol–water partition coefficient (Wildman–Crippen LogP) is 3.92. The molecule has 0 atom stereocenters. The molecule has 1 N–H and O–H groups in total. The Bertz CT molecular complexity index is 682. The van der Waals surface area contributed by atoms with Crippen molar-refractivity contribution in [1.29, 1.82) is 0 Å². The van der Waals surface area contributed by atoms with Gasteiger partial charge in [0, 0.05) is 23.7 Å². The number of halogens is 2. The van der Waals surface area contributed by atoms with Gasteiger partial charge in [-0.1, -0.05) is 23.2 Å². The monoisotopic (exact) mass is 328 g/mol. The summed E-state index contributed by atoms with van der Waals surface area (Å²) in [6.07, 6.45) is 1.35. The lowest BCUT2D eigenvalue weighted by atomic mass is 10.3. The van der Waals surface area contributed by atoms with E-state index in [0.29, 0.717) is 17.5 Å². The average molecular weight is 329 g/mol. The van der Waals surface area contributed by atoms with Crippen molar-refractivity contribution in [3.05, 3.63) is 44.6 Å². The molecule has 0 bridgehead atoms. The van der Waals surface area contributed by atoms with Crippen LogP contribution >= 0.6 is 23.2 Å². The van der Waals surface area contributed by atoms with Crippen LogP contribution in [0.3, 0.4) is 0 Å². The molecule has 1 aromatic carbocycles. The fourth-order valence-electron chi connectivity index (χ4n) is 1.49. The van der Waals surface area contributed by atoms with Gasteiger partial charge in [-0.25, -0.2) is 4.98 Å². The average Bonchev–Trinajstić information content (AvgIpc) is 2.42. The van der Waals surface area contributed by atoms with Gasteiger partial charge in [0.2, 0.25) is 17.6 Å². The molecule has 0 aliphatic carbocycles. The maximum atomic E-state index is 11.0. The first-order chi connectivity index (χ1) is 10.0. The molecule has 110 valence electrons. The van der Waals surface area contributed by atoms with Crippen molar-refractivity contribution >= 4 is 34.8 Å². The number of ether oxygens (including phenoxy) is 1. The van der Waals surface area contributed by atoms with E-state index in [1.807, 2.05) is 6.92 Å². The van der Waals surface area contributed by atoms with Gasteiger partial charge in [-0.2, -0.15) is 4.98 Å². The first-order valence-corrected chi connectivity index (χ1v) is 6.65.